The van der Waals surface area contributed by atoms with Crippen molar-refractivity contribution in [3.8, 4) is 5.69 Å². The summed E-state index contributed by atoms with van der Waals surface area (Å²) in [6.07, 6.45) is 0. The van der Waals surface area contributed by atoms with Gasteiger partial charge in [-0.05, 0) is 35.0 Å². The highest BCUT2D eigenvalue weighted by molar-refractivity contribution is 6.31. The Hall–Kier alpha value is -1.50. The smallest absolute Gasteiger partial charge is 0.170 e. The average Bonchev–Trinajstić information content (AvgIpc) is 2.86. The minimum atomic E-state index is 0.571. The van der Waals surface area contributed by atoms with E-state index in [4.69, 9.17) is 16.3 Å². The summed E-state index contributed by atoms with van der Waals surface area (Å²) in [5, 5.41) is 15.6. The van der Waals surface area contributed by atoms with Gasteiger partial charge in [-0.1, -0.05) is 17.7 Å². The quantitative estimate of drug-likeness (QED) is 0.810. The molecule has 0 saturated heterocycles. The molecule has 7 heteroatoms. The van der Waals surface area contributed by atoms with Crippen LogP contribution in [0.2, 0.25) is 5.02 Å². The summed E-state index contributed by atoms with van der Waals surface area (Å²) in [7, 11) is 1.67. The molecule has 1 heterocycles. The van der Waals surface area contributed by atoms with Crippen LogP contribution in [-0.2, 0) is 11.3 Å². The second kappa shape index (κ2) is 6.60. The Bertz CT molecular complexity index is 543. The maximum Gasteiger partial charge on any atom is 0.170 e. The average molecular weight is 282 g/mol. The summed E-state index contributed by atoms with van der Waals surface area (Å²) in [5.41, 5.74) is 1.88. The lowest BCUT2D eigenvalue weighted by Gasteiger charge is -2.07. The van der Waals surface area contributed by atoms with Crippen molar-refractivity contribution in [3.05, 3.63) is 34.6 Å². The first-order valence-corrected chi connectivity index (χ1v) is 6.33. The molecule has 0 saturated carbocycles. The summed E-state index contributed by atoms with van der Waals surface area (Å²) < 4.78 is 6.64. The molecule has 0 aliphatic carbocycles. The second-order valence-corrected chi connectivity index (χ2v) is 4.52. The number of methoxy groups -OCH3 is 1. The molecule has 0 spiro atoms. The van der Waals surface area contributed by atoms with Crippen molar-refractivity contribution in [1.82, 2.24) is 25.5 Å². The van der Waals surface area contributed by atoms with Gasteiger partial charge in [0.05, 0.1) is 18.8 Å². The molecular formula is C12H16ClN5O. The number of rotatable bonds is 6. The summed E-state index contributed by atoms with van der Waals surface area (Å²) in [5.74, 6) is 0.732. The molecule has 0 radical (unpaired) electrons. The number of tetrazole rings is 1. The molecule has 2 rings (SSSR count). The van der Waals surface area contributed by atoms with Gasteiger partial charge in [0.25, 0.3) is 0 Å². The number of aryl methyl sites for hydroxylation is 1. The highest BCUT2D eigenvalue weighted by Crippen LogP contribution is 2.19. The van der Waals surface area contributed by atoms with Crippen LogP contribution in [0.5, 0.6) is 0 Å². The molecule has 1 aromatic heterocycles. The van der Waals surface area contributed by atoms with Gasteiger partial charge in [0.15, 0.2) is 5.82 Å². The maximum atomic E-state index is 6.11. The summed E-state index contributed by atoms with van der Waals surface area (Å²) in [6.45, 7) is 3.93. The first-order valence-electron chi connectivity index (χ1n) is 5.96. The first kappa shape index (κ1) is 13.9. The van der Waals surface area contributed by atoms with Crippen molar-refractivity contribution in [3.63, 3.8) is 0 Å². The number of halogens is 1. The van der Waals surface area contributed by atoms with Crippen molar-refractivity contribution in [1.29, 1.82) is 0 Å². The van der Waals surface area contributed by atoms with E-state index in [2.05, 4.69) is 20.8 Å². The zero-order valence-corrected chi connectivity index (χ0v) is 11.7. The van der Waals surface area contributed by atoms with Crippen LogP contribution in [0.25, 0.3) is 5.69 Å². The Labute approximate surface area is 116 Å². The van der Waals surface area contributed by atoms with E-state index >= 15 is 0 Å². The lowest BCUT2D eigenvalue weighted by Crippen LogP contribution is -2.21. The maximum absolute atomic E-state index is 6.11. The minimum Gasteiger partial charge on any atom is -0.383 e. The topological polar surface area (TPSA) is 64.9 Å². The summed E-state index contributed by atoms with van der Waals surface area (Å²) in [6, 6.07) is 5.74. The van der Waals surface area contributed by atoms with E-state index in [-0.39, 0.29) is 0 Å². The van der Waals surface area contributed by atoms with E-state index in [9.17, 15) is 0 Å². The van der Waals surface area contributed by atoms with Gasteiger partial charge >= 0.3 is 0 Å². The molecular weight excluding hydrogens is 266 g/mol. The largest absolute Gasteiger partial charge is 0.383 e. The lowest BCUT2D eigenvalue weighted by molar-refractivity contribution is 0.199. The van der Waals surface area contributed by atoms with Crippen molar-refractivity contribution >= 4 is 11.6 Å². The van der Waals surface area contributed by atoms with Gasteiger partial charge in [-0.2, -0.15) is 4.68 Å². The molecule has 0 bridgehead atoms. The van der Waals surface area contributed by atoms with Crippen LogP contribution >= 0.6 is 11.6 Å². The van der Waals surface area contributed by atoms with Crippen LogP contribution in [0.4, 0.5) is 0 Å². The summed E-state index contributed by atoms with van der Waals surface area (Å²) >= 11 is 6.11. The minimum absolute atomic E-state index is 0.571. The molecule has 0 aliphatic rings. The van der Waals surface area contributed by atoms with Crippen LogP contribution in [0.1, 0.15) is 11.4 Å². The number of nitrogens with one attached hydrogen (secondary N) is 1. The zero-order valence-electron chi connectivity index (χ0n) is 10.9. The molecule has 0 atom stereocenters. The Balaban J connectivity index is 2.12. The van der Waals surface area contributed by atoms with Crippen LogP contribution in [0.3, 0.4) is 0 Å². The van der Waals surface area contributed by atoms with Gasteiger partial charge in [-0.3, -0.25) is 0 Å². The predicted molar refractivity (Wildman–Crippen MR) is 72.5 cm³/mol. The third-order valence-corrected chi connectivity index (χ3v) is 3.11. The molecule has 0 unspecified atom stereocenters. The van der Waals surface area contributed by atoms with Crippen LogP contribution in [-0.4, -0.2) is 40.5 Å². The van der Waals surface area contributed by atoms with Crippen molar-refractivity contribution < 1.29 is 4.74 Å². The monoisotopic (exact) mass is 281 g/mol. The number of hydrogen-bond acceptors (Lipinski definition) is 5. The highest BCUT2D eigenvalue weighted by Gasteiger charge is 2.08. The highest BCUT2D eigenvalue weighted by atomic mass is 35.5. The van der Waals surface area contributed by atoms with Crippen molar-refractivity contribution in [2.75, 3.05) is 20.3 Å². The number of ether oxygens (including phenoxy) is 1. The Morgan fingerprint density at radius 1 is 1.42 bits per heavy atom. The van der Waals surface area contributed by atoms with Crippen molar-refractivity contribution in [2.24, 2.45) is 0 Å². The Morgan fingerprint density at radius 2 is 2.26 bits per heavy atom. The van der Waals surface area contributed by atoms with Gasteiger partial charge < -0.3 is 10.1 Å². The van der Waals surface area contributed by atoms with Gasteiger partial charge in [0.1, 0.15) is 0 Å². The molecule has 0 fully saturated rings. The molecule has 0 amide bonds. The first-order chi connectivity index (χ1) is 9.22. The van der Waals surface area contributed by atoms with Gasteiger partial charge in [-0.25, -0.2) is 0 Å². The predicted octanol–water partition coefficient (Wildman–Crippen LogP) is 1.36. The molecule has 6 nitrogen and oxygen atoms in total. The molecule has 1 N–H and O–H groups in total. The Morgan fingerprint density at radius 3 is 3.00 bits per heavy atom. The van der Waals surface area contributed by atoms with Gasteiger partial charge in [0.2, 0.25) is 0 Å². The van der Waals surface area contributed by atoms with Gasteiger partial charge in [-0.15, -0.1) is 5.10 Å². The SMILES string of the molecule is COCCNCc1nnnn1-c1ccc(C)c(Cl)c1. The third-order valence-electron chi connectivity index (χ3n) is 2.70. The standard InChI is InChI=1S/C12H16ClN5O/c1-9-3-4-10(7-11(9)13)18-12(15-16-17-18)8-14-5-6-19-2/h3-4,7,14H,5-6,8H2,1-2H3. The van der Waals surface area contributed by atoms with E-state index in [1.165, 1.54) is 0 Å². The van der Waals surface area contributed by atoms with E-state index in [0.29, 0.717) is 18.2 Å². The molecule has 2 aromatic rings. The third kappa shape index (κ3) is 3.50. The fourth-order valence-corrected chi connectivity index (χ4v) is 1.78. The molecule has 19 heavy (non-hydrogen) atoms. The Kier molecular flexibility index (Phi) is 4.84. The zero-order chi connectivity index (χ0) is 13.7. The fourth-order valence-electron chi connectivity index (χ4n) is 1.60. The summed E-state index contributed by atoms with van der Waals surface area (Å²) in [4.78, 5) is 0. The van der Waals surface area contributed by atoms with E-state index in [1.807, 2.05) is 25.1 Å². The normalized spacial score (nSPS) is 10.9. The number of nitrogens with zero attached hydrogens (tertiary/aromatic N) is 4. The second-order valence-electron chi connectivity index (χ2n) is 4.11. The van der Waals surface area contributed by atoms with E-state index in [0.717, 1.165) is 23.6 Å². The van der Waals surface area contributed by atoms with Crippen LogP contribution in [0.15, 0.2) is 18.2 Å². The number of aromatic nitrogens is 4. The van der Waals surface area contributed by atoms with Crippen LogP contribution in [0, 0.1) is 6.92 Å². The van der Waals surface area contributed by atoms with Gasteiger partial charge in [0, 0.05) is 18.7 Å². The molecule has 1 aromatic carbocycles. The molecule has 0 aliphatic heterocycles. The number of hydrogen-bond donors (Lipinski definition) is 1. The number of benzene rings is 1. The fraction of sp³-hybridized carbons (Fsp3) is 0.417. The lowest BCUT2D eigenvalue weighted by atomic mass is 10.2. The van der Waals surface area contributed by atoms with E-state index < -0.39 is 0 Å². The van der Waals surface area contributed by atoms with Crippen molar-refractivity contribution in [2.45, 2.75) is 13.5 Å². The molecule has 102 valence electrons. The van der Waals surface area contributed by atoms with Crippen LogP contribution < -0.4 is 5.32 Å². The van der Waals surface area contributed by atoms with E-state index in [1.54, 1.807) is 11.8 Å².